The Hall–Kier alpha value is -2.73. The number of amides is 1. The Bertz CT molecular complexity index is 761. The van der Waals surface area contributed by atoms with Gasteiger partial charge in [0.05, 0.1) is 20.1 Å². The molecule has 2 aromatic carbocycles. The largest absolute Gasteiger partial charge is 0.496 e. The number of methoxy groups -OCH3 is 1. The summed E-state index contributed by atoms with van der Waals surface area (Å²) >= 11 is 6.14. The molecule has 0 radical (unpaired) electrons. The highest BCUT2D eigenvalue weighted by molar-refractivity contribution is 6.31. The third-order valence-corrected chi connectivity index (χ3v) is 3.93. The Morgan fingerprint density at radius 1 is 1.15 bits per heavy atom. The molecule has 0 spiro atoms. The highest BCUT2D eigenvalue weighted by Crippen LogP contribution is 2.27. The van der Waals surface area contributed by atoms with Crippen molar-refractivity contribution in [2.45, 2.75) is 19.3 Å². The number of halogens is 1. The van der Waals surface area contributed by atoms with Crippen LogP contribution in [-0.2, 0) is 16.0 Å². The molecule has 0 heterocycles. The zero-order chi connectivity index (χ0) is 18.9. The predicted molar refractivity (Wildman–Crippen MR) is 99.1 cm³/mol. The van der Waals surface area contributed by atoms with Crippen LogP contribution in [0.4, 0.5) is 5.69 Å². The van der Waals surface area contributed by atoms with Gasteiger partial charge in [0.25, 0.3) is 0 Å². The molecule has 26 heavy (non-hydrogen) atoms. The van der Waals surface area contributed by atoms with Gasteiger partial charge in [-0.05, 0) is 42.8 Å². The fraction of sp³-hybridized carbons (Fsp3) is 0.263. The van der Waals surface area contributed by atoms with Gasteiger partial charge in [0.2, 0.25) is 5.91 Å². The van der Waals surface area contributed by atoms with E-state index in [1.807, 2.05) is 0 Å². The molecule has 0 unspecified atom stereocenters. The molecule has 0 bridgehead atoms. The number of anilines is 1. The molecule has 7 heteroatoms. The number of benzene rings is 2. The quantitative estimate of drug-likeness (QED) is 0.650. The van der Waals surface area contributed by atoms with Crippen LogP contribution in [0.15, 0.2) is 42.5 Å². The molecule has 0 aliphatic heterocycles. The topological polar surface area (TPSA) is 84.9 Å². The van der Waals surface area contributed by atoms with E-state index in [2.05, 4.69) is 5.32 Å². The molecular formula is C19H20ClNO5. The first-order chi connectivity index (χ1) is 12.5. The molecule has 6 nitrogen and oxygen atoms in total. The van der Waals surface area contributed by atoms with Crippen molar-refractivity contribution in [3.8, 4) is 11.5 Å². The first kappa shape index (κ1) is 19.6. The summed E-state index contributed by atoms with van der Waals surface area (Å²) in [5, 5.41) is 11.8. The van der Waals surface area contributed by atoms with Crippen molar-refractivity contribution in [2.75, 3.05) is 19.0 Å². The lowest BCUT2D eigenvalue weighted by molar-refractivity contribution is -0.137. The standard InChI is InChI=1S/C19H20ClNO5/c1-25-17-5-2-4-16(20)15(17)12-18(22)21-13-7-9-14(10-8-13)26-11-3-6-19(23)24/h2,4-5,7-10H,3,6,11-12H2,1H3,(H,21,22)(H,23,24). The summed E-state index contributed by atoms with van der Waals surface area (Å²) in [6.45, 7) is 0.324. The second-order valence-electron chi connectivity index (χ2n) is 5.52. The average Bonchev–Trinajstić information content (AvgIpc) is 2.61. The van der Waals surface area contributed by atoms with Gasteiger partial charge >= 0.3 is 5.97 Å². The molecule has 0 saturated carbocycles. The molecule has 0 fully saturated rings. The molecule has 2 aromatic rings. The number of carboxylic acids is 1. The van der Waals surface area contributed by atoms with E-state index >= 15 is 0 Å². The molecule has 138 valence electrons. The van der Waals surface area contributed by atoms with Gasteiger partial charge < -0.3 is 19.9 Å². The number of carbonyl (C=O) groups is 2. The Labute approximate surface area is 156 Å². The van der Waals surface area contributed by atoms with Crippen LogP contribution in [0, 0.1) is 0 Å². The molecule has 0 atom stereocenters. The minimum absolute atomic E-state index is 0.0691. The summed E-state index contributed by atoms with van der Waals surface area (Å²) in [5.74, 6) is 0.118. The maximum absolute atomic E-state index is 12.2. The summed E-state index contributed by atoms with van der Waals surface area (Å²) < 4.78 is 10.7. The summed E-state index contributed by atoms with van der Waals surface area (Å²) in [5.41, 5.74) is 1.26. The monoisotopic (exact) mass is 377 g/mol. The van der Waals surface area contributed by atoms with Gasteiger partial charge in [0.15, 0.2) is 0 Å². The van der Waals surface area contributed by atoms with E-state index in [0.717, 1.165) is 0 Å². The lowest BCUT2D eigenvalue weighted by atomic mass is 10.1. The van der Waals surface area contributed by atoms with E-state index in [-0.39, 0.29) is 18.7 Å². The number of ether oxygens (including phenoxy) is 2. The minimum Gasteiger partial charge on any atom is -0.496 e. The van der Waals surface area contributed by atoms with Crippen molar-refractivity contribution in [3.05, 3.63) is 53.1 Å². The number of nitrogens with one attached hydrogen (secondary N) is 1. The minimum atomic E-state index is -0.846. The maximum Gasteiger partial charge on any atom is 0.303 e. The molecule has 2 rings (SSSR count). The number of hydrogen-bond acceptors (Lipinski definition) is 4. The third-order valence-electron chi connectivity index (χ3n) is 3.57. The zero-order valence-electron chi connectivity index (χ0n) is 14.3. The van der Waals surface area contributed by atoms with Gasteiger partial charge in [-0.1, -0.05) is 17.7 Å². The smallest absolute Gasteiger partial charge is 0.303 e. The van der Waals surface area contributed by atoms with Crippen molar-refractivity contribution >= 4 is 29.2 Å². The second-order valence-corrected chi connectivity index (χ2v) is 5.92. The van der Waals surface area contributed by atoms with E-state index in [9.17, 15) is 9.59 Å². The van der Waals surface area contributed by atoms with E-state index in [0.29, 0.717) is 40.8 Å². The fourth-order valence-electron chi connectivity index (χ4n) is 2.32. The van der Waals surface area contributed by atoms with Crippen molar-refractivity contribution in [1.29, 1.82) is 0 Å². The number of rotatable bonds is 9. The molecule has 0 aromatic heterocycles. The average molecular weight is 378 g/mol. The van der Waals surface area contributed by atoms with Gasteiger partial charge in [-0.2, -0.15) is 0 Å². The van der Waals surface area contributed by atoms with Crippen LogP contribution >= 0.6 is 11.6 Å². The van der Waals surface area contributed by atoms with Gasteiger partial charge in [0.1, 0.15) is 11.5 Å². The summed E-state index contributed by atoms with van der Waals surface area (Å²) in [4.78, 5) is 22.7. The van der Waals surface area contributed by atoms with Crippen LogP contribution in [0.1, 0.15) is 18.4 Å². The van der Waals surface area contributed by atoms with Gasteiger partial charge in [-0.15, -0.1) is 0 Å². The summed E-state index contributed by atoms with van der Waals surface area (Å²) in [7, 11) is 1.53. The van der Waals surface area contributed by atoms with Crippen LogP contribution in [0.5, 0.6) is 11.5 Å². The van der Waals surface area contributed by atoms with E-state index in [4.69, 9.17) is 26.2 Å². The Morgan fingerprint density at radius 3 is 2.54 bits per heavy atom. The number of aliphatic carboxylic acids is 1. The summed E-state index contributed by atoms with van der Waals surface area (Å²) in [6.07, 6.45) is 0.601. The molecule has 1 amide bonds. The summed E-state index contributed by atoms with van der Waals surface area (Å²) in [6, 6.07) is 12.1. The molecule has 0 aliphatic rings. The lowest BCUT2D eigenvalue weighted by Crippen LogP contribution is -2.15. The third kappa shape index (κ3) is 5.97. The molecule has 2 N–H and O–H groups in total. The first-order valence-corrected chi connectivity index (χ1v) is 8.43. The van der Waals surface area contributed by atoms with E-state index in [1.165, 1.54) is 7.11 Å². The molecular weight excluding hydrogens is 358 g/mol. The molecule has 0 saturated heterocycles. The van der Waals surface area contributed by atoms with Crippen molar-refractivity contribution in [3.63, 3.8) is 0 Å². The van der Waals surface area contributed by atoms with Gasteiger partial charge in [-0.3, -0.25) is 9.59 Å². The van der Waals surface area contributed by atoms with Gasteiger partial charge in [-0.25, -0.2) is 0 Å². The number of carbonyl (C=O) groups excluding carboxylic acids is 1. The highest BCUT2D eigenvalue weighted by atomic mass is 35.5. The molecule has 0 aliphatic carbocycles. The van der Waals surface area contributed by atoms with Gasteiger partial charge in [0, 0.05) is 22.7 Å². The SMILES string of the molecule is COc1cccc(Cl)c1CC(=O)Nc1ccc(OCCCC(=O)O)cc1. The van der Waals surface area contributed by atoms with Crippen molar-refractivity contribution in [2.24, 2.45) is 0 Å². The lowest BCUT2D eigenvalue weighted by Gasteiger charge is -2.11. The number of hydrogen-bond donors (Lipinski definition) is 2. The maximum atomic E-state index is 12.2. The van der Waals surface area contributed by atoms with E-state index < -0.39 is 5.97 Å². The Kier molecular flexibility index (Phi) is 7.29. The van der Waals surface area contributed by atoms with Crippen LogP contribution in [0.2, 0.25) is 5.02 Å². The number of carboxylic acid groups (broad SMARTS) is 1. The van der Waals surface area contributed by atoms with Crippen LogP contribution < -0.4 is 14.8 Å². The Morgan fingerprint density at radius 2 is 1.88 bits per heavy atom. The highest BCUT2D eigenvalue weighted by Gasteiger charge is 2.12. The fourth-order valence-corrected chi connectivity index (χ4v) is 2.55. The Balaban J connectivity index is 1.89. The predicted octanol–water partition coefficient (Wildman–Crippen LogP) is 3.77. The van der Waals surface area contributed by atoms with Crippen molar-refractivity contribution < 1.29 is 24.2 Å². The van der Waals surface area contributed by atoms with Crippen LogP contribution in [-0.4, -0.2) is 30.7 Å². The van der Waals surface area contributed by atoms with Crippen molar-refractivity contribution in [1.82, 2.24) is 0 Å². The first-order valence-electron chi connectivity index (χ1n) is 8.05. The van der Waals surface area contributed by atoms with Crippen LogP contribution in [0.25, 0.3) is 0 Å². The van der Waals surface area contributed by atoms with Crippen LogP contribution in [0.3, 0.4) is 0 Å². The second kappa shape index (κ2) is 9.68. The normalized spacial score (nSPS) is 10.2. The van der Waals surface area contributed by atoms with E-state index in [1.54, 1.807) is 42.5 Å². The zero-order valence-corrected chi connectivity index (χ0v) is 15.1.